The van der Waals surface area contributed by atoms with E-state index in [-0.39, 0.29) is 11.8 Å². The van der Waals surface area contributed by atoms with Gasteiger partial charge in [-0.05, 0) is 23.8 Å². The van der Waals surface area contributed by atoms with Gasteiger partial charge in [-0.2, -0.15) is 11.8 Å². The molecule has 1 aromatic rings. The van der Waals surface area contributed by atoms with E-state index in [9.17, 15) is 9.59 Å². The van der Waals surface area contributed by atoms with Crippen molar-refractivity contribution in [3.63, 3.8) is 0 Å². The second-order valence-corrected chi connectivity index (χ2v) is 6.65. The van der Waals surface area contributed by atoms with E-state index >= 15 is 0 Å². The van der Waals surface area contributed by atoms with E-state index < -0.39 is 5.41 Å². The number of rotatable bonds is 2. The van der Waals surface area contributed by atoms with E-state index in [1.165, 1.54) is 4.90 Å². The Labute approximate surface area is 121 Å². The summed E-state index contributed by atoms with van der Waals surface area (Å²) in [5.74, 6) is 1.67. The SMILES string of the molecule is O=C1CC2(CCSC2)C(=O)N1Cc1ccccc1Cl. The van der Waals surface area contributed by atoms with Crippen LogP contribution in [0.4, 0.5) is 0 Å². The lowest BCUT2D eigenvalue weighted by atomic mass is 9.86. The van der Waals surface area contributed by atoms with E-state index in [2.05, 4.69) is 0 Å². The molecule has 2 aliphatic heterocycles. The highest BCUT2D eigenvalue weighted by Gasteiger charge is 2.52. The lowest BCUT2D eigenvalue weighted by molar-refractivity contribution is -0.141. The first-order valence-electron chi connectivity index (χ1n) is 6.28. The third kappa shape index (κ3) is 2.17. The van der Waals surface area contributed by atoms with Gasteiger partial charge in [-0.3, -0.25) is 14.5 Å². The Morgan fingerprint density at radius 2 is 2.11 bits per heavy atom. The van der Waals surface area contributed by atoms with Gasteiger partial charge in [0, 0.05) is 17.2 Å². The molecule has 1 unspecified atom stereocenters. The largest absolute Gasteiger partial charge is 0.278 e. The highest BCUT2D eigenvalue weighted by atomic mass is 35.5. The van der Waals surface area contributed by atoms with Crippen LogP contribution in [0.25, 0.3) is 0 Å². The fraction of sp³-hybridized carbons (Fsp3) is 0.429. The van der Waals surface area contributed by atoms with Crippen molar-refractivity contribution >= 4 is 35.2 Å². The number of carbonyl (C=O) groups is 2. The van der Waals surface area contributed by atoms with Crippen LogP contribution in [0.15, 0.2) is 24.3 Å². The molecule has 5 heteroatoms. The first kappa shape index (κ1) is 13.0. The number of carbonyl (C=O) groups excluding carboxylic acids is 2. The van der Waals surface area contributed by atoms with Gasteiger partial charge >= 0.3 is 0 Å². The Balaban J connectivity index is 1.84. The molecule has 3 nitrogen and oxygen atoms in total. The predicted octanol–water partition coefficient (Wildman–Crippen LogP) is 2.72. The maximum atomic E-state index is 12.5. The fourth-order valence-corrected chi connectivity index (χ4v) is 4.37. The zero-order valence-electron chi connectivity index (χ0n) is 10.4. The fourth-order valence-electron chi connectivity index (χ4n) is 2.73. The maximum absolute atomic E-state index is 12.5. The molecule has 19 heavy (non-hydrogen) atoms. The van der Waals surface area contributed by atoms with E-state index in [1.807, 2.05) is 18.2 Å². The van der Waals surface area contributed by atoms with Gasteiger partial charge in [0.1, 0.15) is 0 Å². The minimum atomic E-state index is -0.428. The van der Waals surface area contributed by atoms with Crippen molar-refractivity contribution in [2.75, 3.05) is 11.5 Å². The van der Waals surface area contributed by atoms with Crippen LogP contribution >= 0.6 is 23.4 Å². The molecule has 2 aliphatic rings. The van der Waals surface area contributed by atoms with Gasteiger partial charge in [0.15, 0.2) is 0 Å². The van der Waals surface area contributed by atoms with Gasteiger partial charge < -0.3 is 0 Å². The van der Waals surface area contributed by atoms with E-state index in [4.69, 9.17) is 11.6 Å². The summed E-state index contributed by atoms with van der Waals surface area (Å²) in [6.07, 6.45) is 1.19. The highest BCUT2D eigenvalue weighted by Crippen LogP contribution is 2.45. The first-order valence-corrected chi connectivity index (χ1v) is 7.82. The van der Waals surface area contributed by atoms with Crippen LogP contribution in [0.2, 0.25) is 5.02 Å². The Hall–Kier alpha value is -1.00. The van der Waals surface area contributed by atoms with Crippen molar-refractivity contribution in [3.05, 3.63) is 34.9 Å². The molecule has 1 aromatic carbocycles. The maximum Gasteiger partial charge on any atom is 0.237 e. The molecule has 0 aromatic heterocycles. The van der Waals surface area contributed by atoms with Gasteiger partial charge in [-0.25, -0.2) is 0 Å². The van der Waals surface area contributed by atoms with Gasteiger partial charge in [-0.1, -0.05) is 29.8 Å². The summed E-state index contributed by atoms with van der Waals surface area (Å²) in [7, 11) is 0. The van der Waals surface area contributed by atoms with E-state index in [1.54, 1.807) is 17.8 Å². The van der Waals surface area contributed by atoms with Gasteiger partial charge in [0.25, 0.3) is 0 Å². The summed E-state index contributed by atoms with van der Waals surface area (Å²) in [4.78, 5) is 26.0. The summed E-state index contributed by atoms with van der Waals surface area (Å²) < 4.78 is 0. The number of thioether (sulfide) groups is 1. The minimum Gasteiger partial charge on any atom is -0.278 e. The molecule has 0 radical (unpaired) electrons. The number of imide groups is 1. The van der Waals surface area contributed by atoms with Crippen molar-refractivity contribution in [2.24, 2.45) is 5.41 Å². The first-order chi connectivity index (χ1) is 9.12. The second kappa shape index (κ2) is 4.84. The van der Waals surface area contributed by atoms with Crippen molar-refractivity contribution in [1.29, 1.82) is 0 Å². The summed E-state index contributed by atoms with van der Waals surface area (Å²) in [6.45, 7) is 0.295. The topological polar surface area (TPSA) is 37.4 Å². The summed E-state index contributed by atoms with van der Waals surface area (Å²) in [5, 5.41) is 0.602. The van der Waals surface area contributed by atoms with E-state index in [0.717, 1.165) is 23.5 Å². The molecule has 0 bridgehead atoms. The van der Waals surface area contributed by atoms with Crippen molar-refractivity contribution in [2.45, 2.75) is 19.4 Å². The summed E-state index contributed by atoms with van der Waals surface area (Å²) >= 11 is 7.86. The number of benzene rings is 1. The molecule has 2 amide bonds. The molecule has 1 atom stereocenters. The van der Waals surface area contributed by atoms with Crippen LogP contribution in [0.1, 0.15) is 18.4 Å². The average Bonchev–Trinajstić information content (AvgIpc) is 2.94. The molecule has 100 valence electrons. The van der Waals surface area contributed by atoms with Crippen LogP contribution in [-0.4, -0.2) is 28.2 Å². The molecule has 3 rings (SSSR count). The quantitative estimate of drug-likeness (QED) is 0.787. The molecule has 0 aliphatic carbocycles. The van der Waals surface area contributed by atoms with Crippen molar-refractivity contribution in [3.8, 4) is 0 Å². The monoisotopic (exact) mass is 295 g/mol. The number of halogens is 1. The minimum absolute atomic E-state index is 0.0116. The number of likely N-dealkylation sites (tertiary alicyclic amines) is 1. The number of nitrogens with zero attached hydrogens (tertiary/aromatic N) is 1. The van der Waals surface area contributed by atoms with Crippen molar-refractivity contribution in [1.82, 2.24) is 4.90 Å². The molecule has 0 saturated carbocycles. The molecule has 0 N–H and O–H groups in total. The van der Waals surface area contributed by atoms with Crippen LogP contribution in [-0.2, 0) is 16.1 Å². The average molecular weight is 296 g/mol. The Kier molecular flexibility index (Phi) is 3.31. The van der Waals surface area contributed by atoms with Crippen LogP contribution in [0, 0.1) is 5.41 Å². The van der Waals surface area contributed by atoms with E-state index in [0.29, 0.717) is 18.0 Å². The zero-order chi connectivity index (χ0) is 13.5. The van der Waals surface area contributed by atoms with Crippen LogP contribution < -0.4 is 0 Å². The Morgan fingerprint density at radius 3 is 2.79 bits per heavy atom. The molecule has 2 saturated heterocycles. The molecule has 2 heterocycles. The molecule has 2 fully saturated rings. The number of hydrogen-bond acceptors (Lipinski definition) is 3. The molecular weight excluding hydrogens is 282 g/mol. The third-order valence-corrected chi connectivity index (χ3v) is 5.50. The van der Waals surface area contributed by atoms with Gasteiger partial charge in [0.2, 0.25) is 11.8 Å². The molecule has 1 spiro atoms. The standard InChI is InChI=1S/C14H14ClNO2S/c15-11-4-2-1-3-10(11)8-16-12(17)7-14(13(16)18)5-6-19-9-14/h1-4H,5-9H2. The smallest absolute Gasteiger partial charge is 0.237 e. The normalized spacial score (nSPS) is 26.7. The summed E-state index contributed by atoms with van der Waals surface area (Å²) in [6, 6.07) is 7.35. The Morgan fingerprint density at radius 1 is 1.32 bits per heavy atom. The van der Waals surface area contributed by atoms with Crippen LogP contribution in [0.3, 0.4) is 0 Å². The predicted molar refractivity (Wildman–Crippen MR) is 76.0 cm³/mol. The lowest BCUT2D eigenvalue weighted by Gasteiger charge is -2.20. The van der Waals surface area contributed by atoms with Gasteiger partial charge in [0.05, 0.1) is 12.0 Å². The van der Waals surface area contributed by atoms with Gasteiger partial charge in [-0.15, -0.1) is 0 Å². The van der Waals surface area contributed by atoms with Crippen molar-refractivity contribution < 1.29 is 9.59 Å². The Bertz CT molecular complexity index is 540. The third-order valence-electron chi connectivity index (χ3n) is 3.88. The molecular formula is C14H14ClNO2S. The zero-order valence-corrected chi connectivity index (χ0v) is 12.0. The van der Waals surface area contributed by atoms with Crippen LogP contribution in [0.5, 0.6) is 0 Å². The lowest BCUT2D eigenvalue weighted by Crippen LogP contribution is -2.35. The number of amides is 2. The number of hydrogen-bond donors (Lipinski definition) is 0. The highest BCUT2D eigenvalue weighted by molar-refractivity contribution is 7.99. The second-order valence-electron chi connectivity index (χ2n) is 5.14. The summed E-state index contributed by atoms with van der Waals surface area (Å²) in [5.41, 5.74) is 0.400.